The van der Waals surface area contributed by atoms with E-state index in [0.717, 1.165) is 32.2 Å². The zero-order chi connectivity index (χ0) is 10.8. The molecule has 3 heteroatoms. The van der Waals surface area contributed by atoms with Gasteiger partial charge in [0.15, 0.2) is 0 Å². The predicted octanol–water partition coefficient (Wildman–Crippen LogP) is 1.42. The fraction of sp³-hybridized carbons (Fsp3) is 0.909. The molecule has 0 heterocycles. The Morgan fingerprint density at radius 2 is 2.07 bits per heavy atom. The molecular formula is C11H22N2O. The van der Waals surface area contributed by atoms with Crippen molar-refractivity contribution in [2.45, 2.75) is 52.0 Å². The van der Waals surface area contributed by atoms with Gasteiger partial charge < -0.3 is 11.1 Å². The Labute approximate surface area is 86.4 Å². The fourth-order valence-corrected chi connectivity index (χ4v) is 1.41. The minimum atomic E-state index is -0.552. The second-order valence-corrected chi connectivity index (χ2v) is 5.21. The van der Waals surface area contributed by atoms with Gasteiger partial charge in [-0.15, -0.1) is 0 Å². The van der Waals surface area contributed by atoms with Gasteiger partial charge in [-0.25, -0.2) is 0 Å². The summed E-state index contributed by atoms with van der Waals surface area (Å²) in [6.07, 6.45) is 3.82. The molecule has 0 saturated heterocycles. The van der Waals surface area contributed by atoms with Crippen molar-refractivity contribution in [3.63, 3.8) is 0 Å². The van der Waals surface area contributed by atoms with Crippen LogP contribution in [0.25, 0.3) is 0 Å². The van der Waals surface area contributed by atoms with E-state index in [1.54, 1.807) is 0 Å². The summed E-state index contributed by atoms with van der Waals surface area (Å²) in [7, 11) is 0. The van der Waals surface area contributed by atoms with Crippen molar-refractivity contribution >= 4 is 5.91 Å². The largest absolute Gasteiger partial charge is 0.354 e. The van der Waals surface area contributed by atoms with Crippen LogP contribution < -0.4 is 11.1 Å². The van der Waals surface area contributed by atoms with E-state index >= 15 is 0 Å². The lowest BCUT2D eigenvalue weighted by Crippen LogP contribution is -2.59. The Kier molecular flexibility index (Phi) is 3.20. The van der Waals surface area contributed by atoms with Crippen molar-refractivity contribution < 1.29 is 4.79 Å². The lowest BCUT2D eigenvalue weighted by molar-refractivity contribution is -0.129. The van der Waals surface area contributed by atoms with Crippen LogP contribution in [0.4, 0.5) is 0 Å². The molecule has 1 saturated carbocycles. The standard InChI is InChI=1S/C11H22N2O/c1-4-10(2,3)8-13-9(14)11(12)6-5-7-11/h4-8,12H2,1-3H3,(H,13,14). The molecule has 0 aliphatic heterocycles. The van der Waals surface area contributed by atoms with Crippen LogP contribution >= 0.6 is 0 Å². The average molecular weight is 198 g/mol. The molecule has 1 fully saturated rings. The van der Waals surface area contributed by atoms with Crippen LogP contribution in [0.1, 0.15) is 46.5 Å². The van der Waals surface area contributed by atoms with Gasteiger partial charge in [0.05, 0.1) is 5.54 Å². The molecule has 1 rings (SSSR count). The van der Waals surface area contributed by atoms with Crippen LogP contribution in [-0.2, 0) is 4.79 Å². The highest BCUT2D eigenvalue weighted by Gasteiger charge is 2.40. The second kappa shape index (κ2) is 3.89. The predicted molar refractivity (Wildman–Crippen MR) is 57.9 cm³/mol. The summed E-state index contributed by atoms with van der Waals surface area (Å²) in [5.41, 5.74) is 5.53. The van der Waals surface area contributed by atoms with Crippen molar-refractivity contribution in [2.75, 3.05) is 6.54 Å². The normalized spacial score (nSPS) is 20.0. The monoisotopic (exact) mass is 198 g/mol. The lowest BCUT2D eigenvalue weighted by Gasteiger charge is -2.37. The zero-order valence-corrected chi connectivity index (χ0v) is 9.52. The smallest absolute Gasteiger partial charge is 0.240 e. The molecule has 14 heavy (non-hydrogen) atoms. The van der Waals surface area contributed by atoms with Crippen molar-refractivity contribution in [1.29, 1.82) is 0 Å². The topological polar surface area (TPSA) is 55.1 Å². The summed E-state index contributed by atoms with van der Waals surface area (Å²) < 4.78 is 0. The molecule has 0 radical (unpaired) electrons. The summed E-state index contributed by atoms with van der Waals surface area (Å²) >= 11 is 0. The van der Waals surface area contributed by atoms with E-state index < -0.39 is 5.54 Å². The van der Waals surface area contributed by atoms with Gasteiger partial charge in [-0.2, -0.15) is 0 Å². The summed E-state index contributed by atoms with van der Waals surface area (Å²) in [4.78, 5) is 11.7. The maximum atomic E-state index is 11.7. The minimum Gasteiger partial charge on any atom is -0.354 e. The number of hydrogen-bond donors (Lipinski definition) is 2. The SMILES string of the molecule is CCC(C)(C)CNC(=O)C1(N)CCC1. The van der Waals surface area contributed by atoms with E-state index in [1.807, 2.05) is 0 Å². The van der Waals surface area contributed by atoms with Gasteiger partial charge in [0.2, 0.25) is 5.91 Å². The van der Waals surface area contributed by atoms with Crippen LogP contribution in [0, 0.1) is 5.41 Å². The number of nitrogens with one attached hydrogen (secondary N) is 1. The van der Waals surface area contributed by atoms with Crippen molar-refractivity contribution in [1.82, 2.24) is 5.32 Å². The quantitative estimate of drug-likeness (QED) is 0.718. The van der Waals surface area contributed by atoms with Crippen LogP contribution in [0.5, 0.6) is 0 Å². The molecule has 1 aliphatic carbocycles. The zero-order valence-electron chi connectivity index (χ0n) is 9.52. The van der Waals surface area contributed by atoms with E-state index in [9.17, 15) is 4.79 Å². The molecule has 0 aromatic carbocycles. The van der Waals surface area contributed by atoms with Crippen LogP contribution in [0.2, 0.25) is 0 Å². The lowest BCUT2D eigenvalue weighted by atomic mass is 9.77. The third-order valence-electron chi connectivity index (χ3n) is 3.38. The molecule has 0 unspecified atom stereocenters. The Bertz CT molecular complexity index is 219. The Morgan fingerprint density at radius 3 is 2.43 bits per heavy atom. The maximum absolute atomic E-state index is 11.7. The van der Waals surface area contributed by atoms with Gasteiger partial charge in [0.25, 0.3) is 0 Å². The number of amides is 1. The van der Waals surface area contributed by atoms with Crippen molar-refractivity contribution in [3.05, 3.63) is 0 Å². The highest BCUT2D eigenvalue weighted by Crippen LogP contribution is 2.29. The molecule has 0 aromatic heterocycles. The van der Waals surface area contributed by atoms with E-state index in [0.29, 0.717) is 0 Å². The van der Waals surface area contributed by atoms with Crippen molar-refractivity contribution in [3.8, 4) is 0 Å². The van der Waals surface area contributed by atoms with Crippen LogP contribution in [0.15, 0.2) is 0 Å². The summed E-state index contributed by atoms with van der Waals surface area (Å²) in [5.74, 6) is 0.0327. The van der Waals surface area contributed by atoms with E-state index in [-0.39, 0.29) is 11.3 Å². The van der Waals surface area contributed by atoms with Gasteiger partial charge in [-0.05, 0) is 31.1 Å². The first-order valence-corrected chi connectivity index (χ1v) is 5.47. The molecule has 0 atom stereocenters. The Morgan fingerprint density at radius 1 is 1.50 bits per heavy atom. The number of carbonyl (C=O) groups excluding carboxylic acids is 1. The van der Waals surface area contributed by atoms with Crippen LogP contribution in [-0.4, -0.2) is 18.0 Å². The third-order valence-corrected chi connectivity index (χ3v) is 3.38. The number of carbonyl (C=O) groups is 1. The third kappa shape index (κ3) is 2.47. The average Bonchev–Trinajstić information content (AvgIpc) is 2.10. The van der Waals surface area contributed by atoms with Gasteiger partial charge in [-0.1, -0.05) is 20.8 Å². The highest BCUT2D eigenvalue weighted by atomic mass is 16.2. The molecule has 3 nitrogen and oxygen atoms in total. The minimum absolute atomic E-state index is 0.0327. The summed E-state index contributed by atoms with van der Waals surface area (Å²) in [6.45, 7) is 7.16. The molecular weight excluding hydrogens is 176 g/mol. The maximum Gasteiger partial charge on any atom is 0.240 e. The van der Waals surface area contributed by atoms with Crippen LogP contribution in [0.3, 0.4) is 0 Å². The molecule has 0 aromatic rings. The first-order chi connectivity index (χ1) is 6.40. The highest BCUT2D eigenvalue weighted by molar-refractivity contribution is 5.87. The molecule has 82 valence electrons. The van der Waals surface area contributed by atoms with Gasteiger partial charge in [-0.3, -0.25) is 4.79 Å². The van der Waals surface area contributed by atoms with Gasteiger partial charge >= 0.3 is 0 Å². The summed E-state index contributed by atoms with van der Waals surface area (Å²) in [6, 6.07) is 0. The molecule has 1 aliphatic rings. The van der Waals surface area contributed by atoms with E-state index in [4.69, 9.17) is 5.73 Å². The Balaban J connectivity index is 2.35. The first-order valence-electron chi connectivity index (χ1n) is 5.47. The van der Waals surface area contributed by atoms with Gasteiger partial charge in [0.1, 0.15) is 0 Å². The van der Waals surface area contributed by atoms with E-state index in [2.05, 4.69) is 26.1 Å². The van der Waals surface area contributed by atoms with Crippen molar-refractivity contribution in [2.24, 2.45) is 11.1 Å². The molecule has 3 N–H and O–H groups in total. The number of hydrogen-bond acceptors (Lipinski definition) is 2. The molecule has 1 amide bonds. The Hall–Kier alpha value is -0.570. The first kappa shape index (κ1) is 11.5. The van der Waals surface area contributed by atoms with Gasteiger partial charge in [0, 0.05) is 6.54 Å². The second-order valence-electron chi connectivity index (χ2n) is 5.21. The fourth-order valence-electron chi connectivity index (χ4n) is 1.41. The number of nitrogens with two attached hydrogens (primary N) is 1. The molecule has 0 spiro atoms. The molecule has 0 bridgehead atoms. The summed E-state index contributed by atoms with van der Waals surface area (Å²) in [5, 5.41) is 2.95. The number of rotatable bonds is 4. The van der Waals surface area contributed by atoms with E-state index in [1.165, 1.54) is 0 Å².